The molecule has 12 aromatic rings. The molecule has 1 unspecified atom stereocenters. The molecule has 1 atom stereocenters. The highest BCUT2D eigenvalue weighted by atomic mass is 35.5. The van der Waals surface area contributed by atoms with E-state index in [1.165, 1.54) is 62.4 Å². The van der Waals surface area contributed by atoms with Crippen LogP contribution in [0.15, 0.2) is 223 Å². The molecule has 5 aliphatic carbocycles. The van der Waals surface area contributed by atoms with Gasteiger partial charge >= 0.3 is 5.97 Å². The molecule has 23 heteroatoms. The second kappa shape index (κ2) is 27.9. The molecule has 0 spiro atoms. The molecule has 0 fully saturated rings. The number of benzene rings is 7. The second-order valence-electron chi connectivity index (χ2n) is 23.7. The van der Waals surface area contributed by atoms with Crippen LogP contribution in [-0.4, -0.2) is 81.2 Å². The van der Waals surface area contributed by atoms with Crippen LogP contribution in [0, 0.1) is 11.6 Å². The van der Waals surface area contributed by atoms with E-state index in [0.717, 1.165) is 24.3 Å². The summed E-state index contributed by atoms with van der Waals surface area (Å²) in [5.41, 5.74) is 3.69. The summed E-state index contributed by atoms with van der Waals surface area (Å²) in [6.07, 6.45) is 0.820. The molecule has 0 radical (unpaired) electrons. The Kier molecular flexibility index (Phi) is 18.4. The van der Waals surface area contributed by atoms with Crippen molar-refractivity contribution in [1.82, 2.24) is 0 Å². The van der Waals surface area contributed by atoms with Crippen molar-refractivity contribution in [2.24, 2.45) is 0 Å². The highest BCUT2D eigenvalue weighted by Gasteiger charge is 2.40. The zero-order valence-corrected chi connectivity index (χ0v) is 55.4. The summed E-state index contributed by atoms with van der Waals surface area (Å²) < 4.78 is 58.2. The second-order valence-corrected chi connectivity index (χ2v) is 24.1. The van der Waals surface area contributed by atoms with Crippen LogP contribution in [0.25, 0.3) is 6.08 Å². The van der Waals surface area contributed by atoms with Gasteiger partial charge in [-0.25, -0.2) is 8.78 Å². The Hall–Kier alpha value is -14.0. The molecule has 7 aromatic carbocycles. The molecular formula is C82H45ClF2O20. The van der Waals surface area contributed by atoms with Gasteiger partial charge in [-0.1, -0.05) is 133 Å². The van der Waals surface area contributed by atoms with Gasteiger partial charge in [0.15, 0.2) is 86.9 Å². The summed E-state index contributed by atoms with van der Waals surface area (Å²) in [6.45, 7) is 7.73. The number of fused-ring (bicyclic) bond motifs is 10. The van der Waals surface area contributed by atoms with Crippen molar-refractivity contribution in [3.8, 4) is 0 Å². The quantitative estimate of drug-likeness (QED) is 0.101. The molecule has 5 aromatic heterocycles. The number of rotatable bonds is 8. The standard InChI is InChI=1S/C19H9ClO4.C19H9FO4.C16H12O5.C14H7FO4.C14H8O3/c20-11-5-3-4-10(8-11)16(21)15-9-14-17(22)12-6-1-2-7-13(12)18(23)19(14)24-15;20-11-6-7-12-13(8-11)18(23)19-14(17(12)22)9-15(24-19)16(21)10-4-2-1-3-5-10;1-8(20-9(2)17)13-7-12-14(18)10-5-3-4-6-11(10)15(19)16(12)21-13;1-6(16)11-5-10-12(17)8-3-2-7(15)4-9(8)13(18)14(10)19-11;1-2-8-7-11-12(15)9-5-3-4-6-10(9)13(16)14(11)17-8/h2*1-9H;3-8H,1-2H3;2-5H,1H3;2-7H,1H2. The Balaban J connectivity index is 0.000000117. The average Bonchev–Trinajstić information content (AvgIpc) is 1.10. The Labute approximate surface area is 595 Å². The minimum Gasteiger partial charge on any atom is -0.455 e. The third-order valence-electron chi connectivity index (χ3n) is 17.0. The van der Waals surface area contributed by atoms with Gasteiger partial charge in [0.1, 0.15) is 23.2 Å². The summed E-state index contributed by atoms with van der Waals surface area (Å²) in [7, 11) is 0. The zero-order chi connectivity index (χ0) is 74.6. The molecule has 17 rings (SSSR count). The van der Waals surface area contributed by atoms with Crippen molar-refractivity contribution in [3.63, 3.8) is 0 Å². The van der Waals surface area contributed by atoms with Crippen LogP contribution in [-0.2, 0) is 9.53 Å². The van der Waals surface area contributed by atoms with Crippen LogP contribution in [0.2, 0.25) is 5.02 Å². The van der Waals surface area contributed by atoms with Gasteiger partial charge in [0, 0.05) is 85.6 Å². The monoisotopic (exact) mass is 1420 g/mol. The molecule has 5 heterocycles. The van der Waals surface area contributed by atoms with E-state index in [1.807, 2.05) is 0 Å². The van der Waals surface area contributed by atoms with E-state index in [-0.39, 0.29) is 137 Å². The fourth-order valence-corrected chi connectivity index (χ4v) is 12.2. The molecule has 0 saturated heterocycles. The molecule has 0 bridgehead atoms. The normalized spacial score (nSPS) is 13.2. The molecule has 20 nitrogen and oxygen atoms in total. The number of furan rings is 5. The molecule has 105 heavy (non-hydrogen) atoms. The molecule has 0 amide bonds. The number of halogens is 3. The van der Waals surface area contributed by atoms with E-state index < -0.39 is 64.2 Å². The van der Waals surface area contributed by atoms with Crippen molar-refractivity contribution in [3.05, 3.63) is 370 Å². The predicted molar refractivity (Wildman–Crippen MR) is 365 cm³/mol. The Bertz CT molecular complexity index is 5720. The fourth-order valence-electron chi connectivity index (χ4n) is 12.0. The Morgan fingerprint density at radius 1 is 0.362 bits per heavy atom. The summed E-state index contributed by atoms with van der Waals surface area (Å²) in [4.78, 5) is 170. The number of esters is 1. The lowest BCUT2D eigenvalue weighted by atomic mass is 9.88. The molecule has 514 valence electrons. The van der Waals surface area contributed by atoms with Crippen molar-refractivity contribution in [2.45, 2.75) is 26.9 Å². The van der Waals surface area contributed by atoms with Gasteiger partial charge < -0.3 is 26.8 Å². The minimum absolute atomic E-state index is 0.00713. The van der Waals surface area contributed by atoms with E-state index in [9.17, 15) is 75.9 Å². The van der Waals surface area contributed by atoms with Crippen LogP contribution < -0.4 is 0 Å². The molecule has 0 saturated carbocycles. The number of hydrogen-bond acceptors (Lipinski definition) is 20. The predicted octanol–water partition coefficient (Wildman–Crippen LogP) is 15.1. The highest BCUT2D eigenvalue weighted by Crippen LogP contribution is 2.37. The lowest BCUT2D eigenvalue weighted by molar-refractivity contribution is -0.146. The maximum atomic E-state index is 13.4. The summed E-state index contributed by atoms with van der Waals surface area (Å²) >= 11 is 5.89. The van der Waals surface area contributed by atoms with Crippen molar-refractivity contribution in [1.29, 1.82) is 0 Å². The van der Waals surface area contributed by atoms with Crippen LogP contribution in [0.5, 0.6) is 0 Å². The van der Waals surface area contributed by atoms with E-state index in [2.05, 4.69) is 6.58 Å². The van der Waals surface area contributed by atoms with E-state index in [1.54, 1.807) is 134 Å². The molecule has 0 N–H and O–H groups in total. The summed E-state index contributed by atoms with van der Waals surface area (Å²) in [5.74, 6) is -6.66. The maximum Gasteiger partial charge on any atom is 0.303 e. The third-order valence-corrected chi connectivity index (χ3v) is 17.2. The first-order chi connectivity index (χ1) is 50.3. The van der Waals surface area contributed by atoms with Crippen LogP contribution in [0.3, 0.4) is 0 Å². The average molecular weight is 1420 g/mol. The molecule has 0 aliphatic heterocycles. The van der Waals surface area contributed by atoms with Gasteiger partial charge in [-0.3, -0.25) is 67.1 Å². The topological polar surface area (TPSA) is 314 Å². The smallest absolute Gasteiger partial charge is 0.303 e. The van der Waals surface area contributed by atoms with Crippen molar-refractivity contribution < 1.29 is 103 Å². The number of ether oxygens (including phenoxy) is 1. The maximum absolute atomic E-state index is 13.4. The summed E-state index contributed by atoms with van der Waals surface area (Å²) in [6, 6.07) is 48.3. The number of carbonyl (C=O) groups is 14. The molecule has 5 aliphatic rings. The Morgan fingerprint density at radius 2 is 0.705 bits per heavy atom. The number of ketones is 13. The van der Waals surface area contributed by atoms with Gasteiger partial charge in [-0.05, 0) is 91.9 Å². The van der Waals surface area contributed by atoms with E-state index in [0.29, 0.717) is 55.3 Å². The number of carbonyl (C=O) groups excluding carboxylic acids is 14. The van der Waals surface area contributed by atoms with Crippen LogP contribution >= 0.6 is 11.6 Å². The van der Waals surface area contributed by atoms with Gasteiger partial charge in [-0.15, -0.1) is 0 Å². The minimum atomic E-state index is -0.656. The number of Topliss-reactive ketones (excluding diaryl/α,β-unsaturated/α-hetero) is 1. The van der Waals surface area contributed by atoms with Crippen LogP contribution in [0.1, 0.15) is 241 Å². The van der Waals surface area contributed by atoms with Crippen molar-refractivity contribution >= 4 is 98.8 Å². The lowest BCUT2D eigenvalue weighted by Crippen LogP contribution is -2.19. The van der Waals surface area contributed by atoms with Gasteiger partial charge in [0.25, 0.3) is 0 Å². The largest absolute Gasteiger partial charge is 0.455 e. The SMILES string of the molecule is C=Cc1cc2c(o1)C(=O)c1ccccc1C2=O.CC(=O)OC(C)c1cc2c(o1)C(=O)c1ccccc1C2=O.CC(=O)c1cc2c(o1)C(=O)c1cc(F)ccc1C2=O.O=C(c1cccc(Cl)c1)c1cc2c(o1)C(=O)c1ccccc1C2=O.O=C(c1ccccc1)c1cc2c(o1)C(=O)c1cc(F)ccc1C2=O. The zero-order valence-electron chi connectivity index (χ0n) is 54.6. The van der Waals surface area contributed by atoms with Gasteiger partial charge in [0.05, 0.1) is 27.8 Å². The first kappa shape index (κ1) is 69.5. The fraction of sp³-hybridized carbons (Fsp3) is 0.0488. The van der Waals surface area contributed by atoms with Gasteiger partial charge in [-0.2, -0.15) is 0 Å². The highest BCUT2D eigenvalue weighted by molar-refractivity contribution is 6.33. The lowest BCUT2D eigenvalue weighted by Gasteiger charge is -2.12. The van der Waals surface area contributed by atoms with E-state index in [4.69, 9.17) is 38.4 Å². The first-order valence-electron chi connectivity index (χ1n) is 31.5. The van der Waals surface area contributed by atoms with E-state index >= 15 is 0 Å². The molecular weight excluding hydrogens is 1380 g/mol. The van der Waals surface area contributed by atoms with Crippen LogP contribution in [0.4, 0.5) is 8.78 Å². The van der Waals surface area contributed by atoms with Gasteiger partial charge in [0.2, 0.25) is 40.5 Å². The Morgan fingerprint density at radius 3 is 1.12 bits per heavy atom. The number of hydrogen-bond donors (Lipinski definition) is 0. The first-order valence-corrected chi connectivity index (χ1v) is 31.9. The van der Waals surface area contributed by atoms with Crippen molar-refractivity contribution in [2.75, 3.05) is 0 Å². The third kappa shape index (κ3) is 12.8. The summed E-state index contributed by atoms with van der Waals surface area (Å²) in [5, 5.41) is 0.414.